The van der Waals surface area contributed by atoms with Crippen LogP contribution >= 0.6 is 0 Å². The van der Waals surface area contributed by atoms with Gasteiger partial charge in [-0.1, -0.05) is 26.7 Å². The molecule has 1 atom stereocenters. The number of aromatic carboxylic acids is 1. The van der Waals surface area contributed by atoms with Gasteiger partial charge in [-0.15, -0.1) is 0 Å². The van der Waals surface area contributed by atoms with Crippen molar-refractivity contribution in [2.45, 2.75) is 52.1 Å². The van der Waals surface area contributed by atoms with E-state index in [9.17, 15) is 4.79 Å². The van der Waals surface area contributed by atoms with Gasteiger partial charge in [-0.05, 0) is 30.4 Å². The highest BCUT2D eigenvalue weighted by Crippen LogP contribution is 2.35. The molecule has 0 spiro atoms. The second kappa shape index (κ2) is 5.70. The SMILES string of the molecule is CC1(C)CCCCC1NCc1ccc(C(=O)O)cn1. The highest BCUT2D eigenvalue weighted by atomic mass is 16.4. The normalized spacial score (nSPS) is 22.1. The third-order valence-corrected chi connectivity index (χ3v) is 4.11. The van der Waals surface area contributed by atoms with Gasteiger partial charge in [0.15, 0.2) is 0 Å². The van der Waals surface area contributed by atoms with Crippen LogP contribution in [0.25, 0.3) is 0 Å². The molecule has 2 rings (SSSR count). The first kappa shape index (κ1) is 14.0. The molecule has 4 heteroatoms. The first-order chi connectivity index (χ1) is 8.99. The highest BCUT2D eigenvalue weighted by Gasteiger charge is 2.31. The largest absolute Gasteiger partial charge is 0.478 e. The molecule has 0 bridgehead atoms. The van der Waals surface area contributed by atoms with Crippen LogP contribution in [0.1, 0.15) is 55.6 Å². The van der Waals surface area contributed by atoms with E-state index in [0.29, 0.717) is 18.0 Å². The number of hydrogen-bond donors (Lipinski definition) is 2. The lowest BCUT2D eigenvalue weighted by molar-refractivity contribution is 0.0696. The Hall–Kier alpha value is -1.42. The van der Waals surface area contributed by atoms with Gasteiger partial charge in [0.05, 0.1) is 11.3 Å². The molecule has 0 aromatic carbocycles. The van der Waals surface area contributed by atoms with Gasteiger partial charge in [0.2, 0.25) is 0 Å². The maximum absolute atomic E-state index is 10.7. The van der Waals surface area contributed by atoms with Crippen molar-refractivity contribution in [3.05, 3.63) is 29.6 Å². The summed E-state index contributed by atoms with van der Waals surface area (Å²) >= 11 is 0. The molecule has 1 unspecified atom stereocenters. The van der Waals surface area contributed by atoms with Gasteiger partial charge >= 0.3 is 5.97 Å². The Morgan fingerprint density at radius 2 is 2.26 bits per heavy atom. The number of nitrogens with zero attached hydrogens (tertiary/aromatic N) is 1. The van der Waals surface area contributed by atoms with Crippen LogP contribution in [-0.4, -0.2) is 22.1 Å². The Balaban J connectivity index is 1.93. The van der Waals surface area contributed by atoms with Crippen molar-refractivity contribution in [1.29, 1.82) is 0 Å². The summed E-state index contributed by atoms with van der Waals surface area (Å²) in [7, 11) is 0. The minimum atomic E-state index is -0.930. The van der Waals surface area contributed by atoms with Crippen molar-refractivity contribution < 1.29 is 9.90 Å². The molecular formula is C15H22N2O2. The van der Waals surface area contributed by atoms with E-state index in [0.717, 1.165) is 5.69 Å². The molecule has 1 heterocycles. The van der Waals surface area contributed by atoms with E-state index in [2.05, 4.69) is 24.1 Å². The summed E-state index contributed by atoms with van der Waals surface area (Å²) in [6.45, 7) is 5.32. The summed E-state index contributed by atoms with van der Waals surface area (Å²) in [5.74, 6) is -0.930. The minimum Gasteiger partial charge on any atom is -0.478 e. The van der Waals surface area contributed by atoms with E-state index in [1.54, 1.807) is 12.1 Å². The summed E-state index contributed by atoms with van der Waals surface area (Å²) in [6, 6.07) is 3.91. The van der Waals surface area contributed by atoms with Crippen molar-refractivity contribution in [2.24, 2.45) is 5.41 Å². The summed E-state index contributed by atoms with van der Waals surface area (Å²) in [4.78, 5) is 14.9. The standard InChI is InChI=1S/C15H22N2O2/c1-15(2)8-4-3-5-13(15)17-10-12-7-6-11(9-16-12)14(18)19/h6-7,9,13,17H,3-5,8,10H2,1-2H3,(H,18,19). The first-order valence-corrected chi connectivity index (χ1v) is 6.91. The van der Waals surface area contributed by atoms with Gasteiger partial charge in [0.1, 0.15) is 0 Å². The quantitative estimate of drug-likeness (QED) is 0.876. The molecule has 19 heavy (non-hydrogen) atoms. The van der Waals surface area contributed by atoms with Gasteiger partial charge in [-0.3, -0.25) is 4.98 Å². The molecule has 1 aliphatic carbocycles. The Morgan fingerprint density at radius 3 is 2.84 bits per heavy atom. The Kier molecular flexibility index (Phi) is 4.20. The van der Waals surface area contributed by atoms with Crippen molar-refractivity contribution >= 4 is 5.97 Å². The van der Waals surface area contributed by atoms with E-state index < -0.39 is 5.97 Å². The number of pyridine rings is 1. The zero-order valence-corrected chi connectivity index (χ0v) is 11.6. The highest BCUT2D eigenvalue weighted by molar-refractivity contribution is 5.87. The molecule has 1 aromatic heterocycles. The topological polar surface area (TPSA) is 62.2 Å². The minimum absolute atomic E-state index is 0.238. The number of carboxylic acids is 1. The molecule has 0 saturated heterocycles. The monoisotopic (exact) mass is 262 g/mol. The Bertz CT molecular complexity index is 440. The summed E-state index contributed by atoms with van der Waals surface area (Å²) in [5, 5.41) is 12.4. The van der Waals surface area contributed by atoms with Crippen LogP contribution in [-0.2, 0) is 6.54 Å². The second-order valence-corrected chi connectivity index (χ2v) is 6.01. The zero-order chi connectivity index (χ0) is 13.9. The second-order valence-electron chi connectivity index (χ2n) is 6.01. The fraction of sp³-hybridized carbons (Fsp3) is 0.600. The van der Waals surface area contributed by atoms with Crippen LogP contribution in [0.2, 0.25) is 0 Å². The van der Waals surface area contributed by atoms with Gasteiger partial charge in [-0.2, -0.15) is 0 Å². The van der Waals surface area contributed by atoms with Crippen molar-refractivity contribution in [1.82, 2.24) is 10.3 Å². The number of aromatic nitrogens is 1. The fourth-order valence-corrected chi connectivity index (χ4v) is 2.76. The molecule has 1 saturated carbocycles. The van der Waals surface area contributed by atoms with Crippen LogP contribution in [0.3, 0.4) is 0 Å². The lowest BCUT2D eigenvalue weighted by atomic mass is 9.73. The maximum Gasteiger partial charge on any atom is 0.337 e. The molecule has 0 radical (unpaired) electrons. The number of nitrogens with one attached hydrogen (secondary N) is 1. The molecule has 104 valence electrons. The number of carboxylic acid groups (broad SMARTS) is 1. The predicted octanol–water partition coefficient (Wildman–Crippen LogP) is 2.84. The van der Waals surface area contributed by atoms with E-state index >= 15 is 0 Å². The molecule has 4 nitrogen and oxygen atoms in total. The molecule has 1 aromatic rings. The van der Waals surface area contributed by atoms with Crippen molar-refractivity contribution in [3.8, 4) is 0 Å². The summed E-state index contributed by atoms with van der Waals surface area (Å²) in [5.41, 5.74) is 1.47. The fourth-order valence-electron chi connectivity index (χ4n) is 2.76. The smallest absolute Gasteiger partial charge is 0.337 e. The molecular weight excluding hydrogens is 240 g/mol. The average molecular weight is 262 g/mol. The molecule has 0 aliphatic heterocycles. The molecule has 0 amide bonds. The van der Waals surface area contributed by atoms with Crippen LogP contribution in [0, 0.1) is 5.41 Å². The molecule has 2 N–H and O–H groups in total. The van der Waals surface area contributed by atoms with E-state index in [1.165, 1.54) is 31.9 Å². The van der Waals surface area contributed by atoms with E-state index in [-0.39, 0.29) is 5.56 Å². The van der Waals surface area contributed by atoms with E-state index in [4.69, 9.17) is 5.11 Å². The third kappa shape index (κ3) is 3.53. The lowest BCUT2D eigenvalue weighted by Gasteiger charge is -2.39. The Morgan fingerprint density at radius 1 is 1.47 bits per heavy atom. The first-order valence-electron chi connectivity index (χ1n) is 6.91. The van der Waals surface area contributed by atoms with Gasteiger partial charge < -0.3 is 10.4 Å². The van der Waals surface area contributed by atoms with Crippen molar-refractivity contribution in [3.63, 3.8) is 0 Å². The number of hydrogen-bond acceptors (Lipinski definition) is 3. The molecule has 1 fully saturated rings. The van der Waals surface area contributed by atoms with Crippen LogP contribution in [0.4, 0.5) is 0 Å². The molecule has 1 aliphatic rings. The third-order valence-electron chi connectivity index (χ3n) is 4.11. The van der Waals surface area contributed by atoms with Crippen LogP contribution in [0.5, 0.6) is 0 Å². The Labute approximate surface area is 114 Å². The van der Waals surface area contributed by atoms with Crippen molar-refractivity contribution in [2.75, 3.05) is 0 Å². The van der Waals surface area contributed by atoms with Crippen LogP contribution in [0.15, 0.2) is 18.3 Å². The van der Waals surface area contributed by atoms with Gasteiger partial charge in [0, 0.05) is 18.8 Å². The van der Waals surface area contributed by atoms with E-state index in [1.807, 2.05) is 0 Å². The van der Waals surface area contributed by atoms with Gasteiger partial charge in [0.25, 0.3) is 0 Å². The summed E-state index contributed by atoms with van der Waals surface area (Å²) in [6.07, 6.45) is 6.49. The number of rotatable bonds is 4. The average Bonchev–Trinajstić information content (AvgIpc) is 2.37. The zero-order valence-electron chi connectivity index (χ0n) is 11.6. The maximum atomic E-state index is 10.7. The predicted molar refractivity (Wildman–Crippen MR) is 74.1 cm³/mol. The summed E-state index contributed by atoms with van der Waals surface area (Å²) < 4.78 is 0. The van der Waals surface area contributed by atoms with Gasteiger partial charge in [-0.25, -0.2) is 4.79 Å². The lowest BCUT2D eigenvalue weighted by Crippen LogP contribution is -2.43. The van der Waals surface area contributed by atoms with Crippen LogP contribution < -0.4 is 5.32 Å². The number of carbonyl (C=O) groups is 1.